The molecule has 0 fully saturated rings. The highest BCUT2D eigenvalue weighted by atomic mass is 19.1. The van der Waals surface area contributed by atoms with Crippen LogP contribution in [-0.2, 0) is 0 Å². The van der Waals surface area contributed by atoms with Gasteiger partial charge in [0, 0.05) is 30.9 Å². The van der Waals surface area contributed by atoms with Gasteiger partial charge in [-0.3, -0.25) is 14.9 Å². The Morgan fingerprint density at radius 2 is 2.09 bits per heavy atom. The molecule has 23 heavy (non-hydrogen) atoms. The summed E-state index contributed by atoms with van der Waals surface area (Å²) in [6, 6.07) is 8.26. The zero-order chi connectivity index (χ0) is 16.7. The van der Waals surface area contributed by atoms with E-state index < -0.39 is 10.7 Å². The molecule has 0 aliphatic heterocycles. The predicted molar refractivity (Wildman–Crippen MR) is 82.7 cm³/mol. The van der Waals surface area contributed by atoms with Gasteiger partial charge in [0.2, 0.25) is 5.82 Å². The number of rotatable bonds is 7. The average molecular weight is 318 g/mol. The number of hydrogen-bond acceptors (Lipinski definition) is 5. The van der Waals surface area contributed by atoms with Crippen molar-refractivity contribution in [1.82, 2.24) is 10.3 Å². The molecule has 0 bridgehead atoms. The molecule has 0 unspecified atom stereocenters. The lowest BCUT2D eigenvalue weighted by Gasteiger charge is -2.07. The lowest BCUT2D eigenvalue weighted by Crippen LogP contribution is -2.26. The molecule has 1 amide bonds. The third-order valence-electron chi connectivity index (χ3n) is 3.00. The van der Waals surface area contributed by atoms with E-state index in [1.165, 1.54) is 36.5 Å². The number of benzene rings is 1. The van der Waals surface area contributed by atoms with E-state index in [2.05, 4.69) is 15.6 Å². The molecule has 0 saturated carbocycles. The quantitative estimate of drug-likeness (QED) is 0.464. The first-order chi connectivity index (χ1) is 11.1. The van der Waals surface area contributed by atoms with Crippen molar-refractivity contribution in [1.29, 1.82) is 0 Å². The molecule has 1 aromatic heterocycles. The van der Waals surface area contributed by atoms with E-state index >= 15 is 0 Å². The molecule has 0 saturated heterocycles. The molecule has 0 aliphatic carbocycles. The normalized spacial score (nSPS) is 10.1. The van der Waals surface area contributed by atoms with Crippen LogP contribution in [0.15, 0.2) is 42.6 Å². The summed E-state index contributed by atoms with van der Waals surface area (Å²) < 4.78 is 13.0. The SMILES string of the molecule is O=C(NCCCNc1ncccc1[N+](=O)[O-])c1cccc(F)c1. The van der Waals surface area contributed by atoms with E-state index in [4.69, 9.17) is 0 Å². The van der Waals surface area contributed by atoms with Crippen molar-refractivity contribution in [3.63, 3.8) is 0 Å². The number of hydrogen-bond donors (Lipinski definition) is 2. The third kappa shape index (κ3) is 4.73. The zero-order valence-electron chi connectivity index (χ0n) is 12.2. The third-order valence-corrected chi connectivity index (χ3v) is 3.00. The van der Waals surface area contributed by atoms with Gasteiger partial charge in [-0.2, -0.15) is 0 Å². The Labute approximate surface area is 131 Å². The highest BCUT2D eigenvalue weighted by Crippen LogP contribution is 2.19. The van der Waals surface area contributed by atoms with Crippen LogP contribution in [0, 0.1) is 15.9 Å². The van der Waals surface area contributed by atoms with E-state index in [0.29, 0.717) is 19.5 Å². The fraction of sp³-hybridized carbons (Fsp3) is 0.200. The molecule has 2 N–H and O–H groups in total. The fourth-order valence-electron chi connectivity index (χ4n) is 1.91. The van der Waals surface area contributed by atoms with Crippen molar-refractivity contribution in [2.45, 2.75) is 6.42 Å². The maximum absolute atomic E-state index is 13.0. The number of nitrogens with zero attached hydrogens (tertiary/aromatic N) is 2. The van der Waals surface area contributed by atoms with Crippen molar-refractivity contribution >= 4 is 17.4 Å². The fourth-order valence-corrected chi connectivity index (χ4v) is 1.91. The molecule has 2 rings (SSSR count). The Hall–Kier alpha value is -3.03. The molecule has 0 atom stereocenters. The second kappa shape index (κ2) is 7.83. The van der Waals surface area contributed by atoms with Crippen LogP contribution in [0.3, 0.4) is 0 Å². The highest BCUT2D eigenvalue weighted by molar-refractivity contribution is 5.94. The van der Waals surface area contributed by atoms with E-state index in [1.54, 1.807) is 0 Å². The Balaban J connectivity index is 1.76. The van der Waals surface area contributed by atoms with Crippen LogP contribution in [0.5, 0.6) is 0 Å². The number of carbonyl (C=O) groups excluding carboxylic acids is 1. The Kier molecular flexibility index (Phi) is 5.56. The smallest absolute Gasteiger partial charge is 0.311 e. The molecule has 0 radical (unpaired) electrons. The van der Waals surface area contributed by atoms with Crippen molar-refractivity contribution in [3.8, 4) is 0 Å². The number of aromatic nitrogens is 1. The van der Waals surface area contributed by atoms with Crippen molar-refractivity contribution in [2.24, 2.45) is 0 Å². The maximum Gasteiger partial charge on any atom is 0.311 e. The van der Waals surface area contributed by atoms with Gasteiger partial charge in [-0.1, -0.05) is 6.07 Å². The Morgan fingerprint density at radius 3 is 2.83 bits per heavy atom. The van der Waals surface area contributed by atoms with Crippen LogP contribution in [0.4, 0.5) is 15.9 Å². The lowest BCUT2D eigenvalue weighted by molar-refractivity contribution is -0.384. The largest absolute Gasteiger partial charge is 0.364 e. The minimum absolute atomic E-state index is 0.101. The summed E-state index contributed by atoms with van der Waals surface area (Å²) in [4.78, 5) is 26.0. The predicted octanol–water partition coefficient (Wildman–Crippen LogP) is 2.36. The van der Waals surface area contributed by atoms with Gasteiger partial charge in [-0.05, 0) is 30.7 Å². The van der Waals surface area contributed by atoms with E-state index in [1.807, 2.05) is 0 Å². The molecule has 120 valence electrons. The number of pyridine rings is 1. The molecule has 7 nitrogen and oxygen atoms in total. The van der Waals surface area contributed by atoms with Gasteiger partial charge in [-0.25, -0.2) is 9.37 Å². The maximum atomic E-state index is 13.0. The van der Waals surface area contributed by atoms with Crippen molar-refractivity contribution < 1.29 is 14.1 Å². The standard InChI is InChI=1S/C15H15FN4O3/c16-12-5-1-4-11(10-12)15(21)19-9-3-8-18-14-13(20(22)23)6-2-7-17-14/h1-2,4-7,10H,3,8-9H2,(H,17,18)(H,19,21). The second-order valence-electron chi connectivity index (χ2n) is 4.67. The summed E-state index contributed by atoms with van der Waals surface area (Å²) in [6.07, 6.45) is 2.00. The topological polar surface area (TPSA) is 97.2 Å². The van der Waals surface area contributed by atoms with Crippen molar-refractivity contribution in [2.75, 3.05) is 18.4 Å². The number of amides is 1. The number of nitrogens with one attached hydrogen (secondary N) is 2. The molecule has 8 heteroatoms. The summed E-state index contributed by atoms with van der Waals surface area (Å²) in [6.45, 7) is 0.754. The molecule has 2 aromatic rings. The number of anilines is 1. The summed E-state index contributed by atoms with van der Waals surface area (Å²) in [7, 11) is 0. The summed E-state index contributed by atoms with van der Waals surface area (Å²) in [5, 5.41) is 16.3. The molecule has 0 aliphatic rings. The number of nitro groups is 1. The van der Waals surface area contributed by atoms with E-state index in [-0.39, 0.29) is 23.0 Å². The molecule has 1 aromatic carbocycles. The first-order valence-corrected chi connectivity index (χ1v) is 6.95. The summed E-state index contributed by atoms with van der Waals surface area (Å²) >= 11 is 0. The first-order valence-electron chi connectivity index (χ1n) is 6.95. The number of halogens is 1. The summed E-state index contributed by atoms with van der Waals surface area (Å²) in [5.74, 6) is -0.649. The van der Waals surface area contributed by atoms with Crippen LogP contribution in [0.2, 0.25) is 0 Å². The van der Waals surface area contributed by atoms with Gasteiger partial charge >= 0.3 is 5.69 Å². The Morgan fingerprint density at radius 1 is 1.26 bits per heavy atom. The molecule has 1 heterocycles. The van der Waals surface area contributed by atoms with E-state index in [0.717, 1.165) is 6.07 Å². The van der Waals surface area contributed by atoms with Crippen molar-refractivity contribution in [3.05, 3.63) is 64.1 Å². The van der Waals surface area contributed by atoms with Gasteiger partial charge in [0.1, 0.15) is 5.82 Å². The monoisotopic (exact) mass is 318 g/mol. The van der Waals surface area contributed by atoms with Crippen LogP contribution in [0.1, 0.15) is 16.8 Å². The highest BCUT2D eigenvalue weighted by Gasteiger charge is 2.13. The molecular weight excluding hydrogens is 303 g/mol. The zero-order valence-corrected chi connectivity index (χ0v) is 12.2. The van der Waals surface area contributed by atoms with Crippen LogP contribution >= 0.6 is 0 Å². The van der Waals surface area contributed by atoms with Gasteiger partial charge in [0.05, 0.1) is 4.92 Å². The first kappa shape index (κ1) is 16.3. The van der Waals surface area contributed by atoms with Gasteiger partial charge in [0.15, 0.2) is 0 Å². The average Bonchev–Trinajstić information content (AvgIpc) is 2.54. The second-order valence-corrected chi connectivity index (χ2v) is 4.67. The number of carbonyl (C=O) groups is 1. The van der Waals surface area contributed by atoms with Crippen LogP contribution in [0.25, 0.3) is 0 Å². The molecular formula is C15H15FN4O3. The summed E-state index contributed by atoms with van der Waals surface area (Å²) in [5.41, 5.74) is 0.148. The minimum Gasteiger partial charge on any atom is -0.364 e. The van der Waals surface area contributed by atoms with E-state index in [9.17, 15) is 19.3 Å². The molecule has 0 spiro atoms. The van der Waals surface area contributed by atoms with Gasteiger partial charge in [0.25, 0.3) is 5.91 Å². The van der Waals surface area contributed by atoms with Crippen LogP contribution < -0.4 is 10.6 Å². The Bertz CT molecular complexity index is 709. The van der Waals surface area contributed by atoms with Crippen LogP contribution in [-0.4, -0.2) is 28.9 Å². The lowest BCUT2D eigenvalue weighted by atomic mass is 10.2. The minimum atomic E-state index is -0.513. The van der Waals surface area contributed by atoms with Gasteiger partial charge in [-0.15, -0.1) is 0 Å². The van der Waals surface area contributed by atoms with Gasteiger partial charge < -0.3 is 10.6 Å².